The molecule has 0 atom stereocenters. The Kier molecular flexibility index (Phi) is 4.68. The molecular formula is C15H17Cl2N3O2. The molecule has 0 bridgehead atoms. The Morgan fingerprint density at radius 1 is 1.36 bits per heavy atom. The fourth-order valence-electron chi connectivity index (χ4n) is 1.76. The van der Waals surface area contributed by atoms with Gasteiger partial charge in [0.1, 0.15) is 5.82 Å². The molecule has 0 radical (unpaired) electrons. The van der Waals surface area contributed by atoms with Gasteiger partial charge in [0.25, 0.3) is 5.56 Å². The number of H-pyrrole nitrogens is 1. The maximum absolute atomic E-state index is 12.2. The molecule has 2 N–H and O–H groups in total. The Labute approximate surface area is 138 Å². The molecule has 0 aliphatic carbocycles. The summed E-state index contributed by atoms with van der Waals surface area (Å²) in [5.74, 6) is 0.146. The van der Waals surface area contributed by atoms with Gasteiger partial charge in [-0.2, -0.15) is 0 Å². The quantitative estimate of drug-likeness (QED) is 0.886. The number of hydrogen-bond donors (Lipinski definition) is 2. The molecule has 0 saturated heterocycles. The number of aromatic amines is 1. The normalized spacial score (nSPS) is 11.5. The van der Waals surface area contributed by atoms with Crippen LogP contribution in [0.2, 0.25) is 10.0 Å². The minimum atomic E-state index is -0.521. The smallest absolute Gasteiger partial charge is 0.273 e. The highest BCUT2D eigenvalue weighted by atomic mass is 35.5. The zero-order valence-electron chi connectivity index (χ0n) is 12.5. The molecule has 0 spiro atoms. The van der Waals surface area contributed by atoms with Crippen molar-refractivity contribution in [2.75, 3.05) is 5.32 Å². The molecular weight excluding hydrogens is 325 g/mol. The first-order chi connectivity index (χ1) is 10.3. The lowest BCUT2D eigenvalue weighted by Crippen LogP contribution is -2.30. The summed E-state index contributed by atoms with van der Waals surface area (Å²) in [4.78, 5) is 24.2. The van der Waals surface area contributed by atoms with Crippen molar-refractivity contribution in [3.05, 3.63) is 44.7 Å². The van der Waals surface area contributed by atoms with E-state index in [-0.39, 0.29) is 16.5 Å². The van der Waals surface area contributed by atoms with E-state index < -0.39 is 5.41 Å². The average molecular weight is 342 g/mol. The predicted octanol–water partition coefficient (Wildman–Crippen LogP) is 3.85. The van der Waals surface area contributed by atoms with Gasteiger partial charge in [0.05, 0.1) is 15.7 Å². The second-order valence-electron chi connectivity index (χ2n) is 5.61. The molecule has 118 valence electrons. The predicted molar refractivity (Wildman–Crippen MR) is 89.1 cm³/mol. The lowest BCUT2D eigenvalue weighted by atomic mass is 9.89. The van der Waals surface area contributed by atoms with Crippen molar-refractivity contribution in [3.8, 4) is 5.69 Å². The molecule has 2 aromatic rings. The second-order valence-corrected chi connectivity index (χ2v) is 6.39. The molecule has 0 aliphatic heterocycles. The summed E-state index contributed by atoms with van der Waals surface area (Å²) >= 11 is 12.1. The molecule has 0 aliphatic rings. The van der Waals surface area contributed by atoms with E-state index in [9.17, 15) is 9.59 Å². The van der Waals surface area contributed by atoms with Crippen molar-refractivity contribution >= 4 is 34.9 Å². The number of anilines is 1. The largest absolute Gasteiger partial charge is 0.311 e. The van der Waals surface area contributed by atoms with Crippen LogP contribution in [-0.2, 0) is 4.79 Å². The highest BCUT2D eigenvalue weighted by Gasteiger charge is 2.26. The zero-order valence-corrected chi connectivity index (χ0v) is 14.0. The molecule has 2 rings (SSSR count). The van der Waals surface area contributed by atoms with E-state index in [1.165, 1.54) is 10.7 Å². The molecule has 1 amide bonds. The van der Waals surface area contributed by atoms with E-state index >= 15 is 0 Å². The van der Waals surface area contributed by atoms with E-state index in [1.807, 2.05) is 20.8 Å². The molecule has 22 heavy (non-hydrogen) atoms. The SMILES string of the molecule is CCC(C)(C)C(=O)Nc1cc(=O)n(-c2cccc(Cl)c2Cl)[nH]1. The molecule has 5 nitrogen and oxygen atoms in total. The number of hydrogen-bond acceptors (Lipinski definition) is 2. The van der Waals surface area contributed by atoms with Crippen LogP contribution in [0.5, 0.6) is 0 Å². The van der Waals surface area contributed by atoms with Gasteiger partial charge in [0, 0.05) is 11.5 Å². The van der Waals surface area contributed by atoms with Gasteiger partial charge in [0.2, 0.25) is 5.91 Å². The van der Waals surface area contributed by atoms with Crippen LogP contribution in [0.15, 0.2) is 29.1 Å². The Morgan fingerprint density at radius 3 is 2.68 bits per heavy atom. The van der Waals surface area contributed by atoms with Crippen LogP contribution in [0.4, 0.5) is 5.82 Å². The molecule has 7 heteroatoms. The van der Waals surface area contributed by atoms with Crippen molar-refractivity contribution in [2.45, 2.75) is 27.2 Å². The third kappa shape index (κ3) is 3.20. The standard InChI is InChI=1S/C15H17Cl2N3O2/c1-4-15(2,3)14(22)18-11-8-12(21)20(19-11)10-7-5-6-9(16)13(10)17/h5-8,19H,4H2,1-3H3,(H,18,22). The van der Waals surface area contributed by atoms with Crippen LogP contribution in [-0.4, -0.2) is 15.7 Å². The van der Waals surface area contributed by atoms with Gasteiger partial charge in [-0.15, -0.1) is 0 Å². The van der Waals surface area contributed by atoms with Crippen molar-refractivity contribution in [2.24, 2.45) is 5.41 Å². The highest BCUT2D eigenvalue weighted by Crippen LogP contribution is 2.27. The molecule has 0 saturated carbocycles. The summed E-state index contributed by atoms with van der Waals surface area (Å²) in [6, 6.07) is 6.29. The van der Waals surface area contributed by atoms with Crippen LogP contribution in [0.3, 0.4) is 0 Å². The lowest BCUT2D eigenvalue weighted by molar-refractivity contribution is -0.124. The summed E-state index contributed by atoms with van der Waals surface area (Å²) < 4.78 is 1.24. The second kappa shape index (κ2) is 6.18. The number of aromatic nitrogens is 2. The minimum absolute atomic E-state index is 0.166. The van der Waals surface area contributed by atoms with Crippen molar-refractivity contribution in [1.29, 1.82) is 0 Å². The number of nitrogens with one attached hydrogen (secondary N) is 2. The molecule has 1 aromatic carbocycles. The van der Waals surface area contributed by atoms with E-state index in [1.54, 1.807) is 18.2 Å². The van der Waals surface area contributed by atoms with Gasteiger partial charge in [-0.05, 0) is 18.6 Å². The highest BCUT2D eigenvalue weighted by molar-refractivity contribution is 6.43. The Morgan fingerprint density at radius 2 is 2.05 bits per heavy atom. The van der Waals surface area contributed by atoms with Crippen LogP contribution in [0.1, 0.15) is 27.2 Å². The molecule has 1 aromatic heterocycles. The number of rotatable bonds is 4. The number of nitrogens with zero attached hydrogens (tertiary/aromatic N) is 1. The third-order valence-corrected chi connectivity index (χ3v) is 4.45. The minimum Gasteiger partial charge on any atom is -0.311 e. The summed E-state index contributed by atoms with van der Waals surface area (Å²) in [5, 5.41) is 6.14. The van der Waals surface area contributed by atoms with Gasteiger partial charge in [-0.1, -0.05) is 50.0 Å². The first kappa shape index (κ1) is 16.6. The zero-order chi connectivity index (χ0) is 16.5. The van der Waals surface area contributed by atoms with Crippen molar-refractivity contribution in [1.82, 2.24) is 9.78 Å². The third-order valence-electron chi connectivity index (χ3n) is 3.64. The molecule has 0 unspecified atom stereocenters. The summed E-state index contributed by atoms with van der Waals surface area (Å²) in [5.41, 5.74) is -0.435. The maximum Gasteiger partial charge on any atom is 0.273 e. The van der Waals surface area contributed by atoms with Crippen LogP contribution in [0.25, 0.3) is 5.69 Å². The average Bonchev–Trinajstić information content (AvgIpc) is 2.82. The van der Waals surface area contributed by atoms with Crippen LogP contribution < -0.4 is 10.9 Å². The van der Waals surface area contributed by atoms with Gasteiger partial charge >= 0.3 is 0 Å². The number of amides is 1. The van der Waals surface area contributed by atoms with E-state index in [0.29, 0.717) is 22.9 Å². The fourth-order valence-corrected chi connectivity index (χ4v) is 2.14. The lowest BCUT2D eigenvalue weighted by Gasteiger charge is -2.20. The van der Waals surface area contributed by atoms with Gasteiger partial charge < -0.3 is 5.32 Å². The van der Waals surface area contributed by atoms with Gasteiger partial charge in [-0.3, -0.25) is 14.7 Å². The monoisotopic (exact) mass is 341 g/mol. The fraction of sp³-hybridized carbons (Fsp3) is 0.333. The Bertz CT molecular complexity index is 762. The van der Waals surface area contributed by atoms with Crippen molar-refractivity contribution in [3.63, 3.8) is 0 Å². The first-order valence-corrected chi connectivity index (χ1v) is 7.59. The van der Waals surface area contributed by atoms with E-state index in [0.717, 1.165) is 0 Å². The van der Waals surface area contributed by atoms with Crippen LogP contribution in [0, 0.1) is 5.41 Å². The Balaban J connectivity index is 2.35. The van der Waals surface area contributed by atoms with E-state index in [4.69, 9.17) is 23.2 Å². The van der Waals surface area contributed by atoms with E-state index in [2.05, 4.69) is 10.4 Å². The number of carbonyl (C=O) groups excluding carboxylic acids is 1. The van der Waals surface area contributed by atoms with Crippen LogP contribution >= 0.6 is 23.2 Å². The van der Waals surface area contributed by atoms with Gasteiger partial charge in [-0.25, -0.2) is 4.68 Å². The molecule has 0 fully saturated rings. The molecule has 1 heterocycles. The van der Waals surface area contributed by atoms with Crippen molar-refractivity contribution < 1.29 is 4.79 Å². The first-order valence-electron chi connectivity index (χ1n) is 6.84. The maximum atomic E-state index is 12.2. The topological polar surface area (TPSA) is 66.9 Å². The van der Waals surface area contributed by atoms with Gasteiger partial charge in [0.15, 0.2) is 0 Å². The summed E-state index contributed by atoms with van der Waals surface area (Å²) in [6.07, 6.45) is 0.684. The number of benzene rings is 1. The summed E-state index contributed by atoms with van der Waals surface area (Å²) in [7, 11) is 0. The number of halogens is 2. The summed E-state index contributed by atoms with van der Waals surface area (Å²) in [6.45, 7) is 5.61. The number of carbonyl (C=O) groups is 1. The Hall–Kier alpha value is -1.72.